The fourth-order valence-electron chi connectivity index (χ4n) is 1.84. The predicted molar refractivity (Wildman–Crippen MR) is 109 cm³/mol. The van der Waals surface area contributed by atoms with E-state index in [1.807, 2.05) is 0 Å². The van der Waals surface area contributed by atoms with Gasteiger partial charge in [0.2, 0.25) is 0 Å². The lowest BCUT2D eigenvalue weighted by Crippen LogP contribution is -2.20. The maximum atomic E-state index is 12.8. The SMILES string of the molecule is CC(C)(C)C.CC(C)C.CNc1ccc2c(C(F)(F)F)cc(=O)n(C)c2c1. The van der Waals surface area contributed by atoms with Crippen molar-refractivity contribution in [1.29, 1.82) is 0 Å². The second kappa shape index (κ2) is 9.81. The predicted octanol–water partition coefficient (Wildman–Crippen LogP) is 6.31. The molecule has 0 saturated carbocycles. The molecule has 0 fully saturated rings. The Bertz CT molecular complexity index is 776. The second-order valence-corrected chi connectivity index (χ2v) is 8.67. The maximum Gasteiger partial charge on any atom is 0.417 e. The van der Waals surface area contributed by atoms with Gasteiger partial charge in [-0.1, -0.05) is 54.5 Å². The summed E-state index contributed by atoms with van der Waals surface area (Å²) in [6.07, 6.45) is -4.53. The van der Waals surface area contributed by atoms with E-state index in [0.717, 1.165) is 5.92 Å². The Morgan fingerprint density at radius 1 is 1.00 bits per heavy atom. The molecule has 1 heterocycles. The third-order valence-corrected chi connectivity index (χ3v) is 2.84. The van der Waals surface area contributed by atoms with Gasteiger partial charge in [0.15, 0.2) is 0 Å². The molecule has 27 heavy (non-hydrogen) atoms. The van der Waals surface area contributed by atoms with Gasteiger partial charge in [-0.3, -0.25) is 4.79 Å². The molecular formula is C21H33F3N2O. The third kappa shape index (κ3) is 9.50. The summed E-state index contributed by atoms with van der Waals surface area (Å²) in [4.78, 5) is 11.5. The smallest absolute Gasteiger partial charge is 0.388 e. The summed E-state index contributed by atoms with van der Waals surface area (Å²) in [7, 11) is 3.11. The van der Waals surface area contributed by atoms with Crippen molar-refractivity contribution in [3.63, 3.8) is 0 Å². The second-order valence-electron chi connectivity index (χ2n) is 8.67. The Balaban J connectivity index is 0.000000630. The molecule has 0 unspecified atom stereocenters. The number of hydrogen-bond donors (Lipinski definition) is 1. The van der Waals surface area contributed by atoms with E-state index >= 15 is 0 Å². The van der Waals surface area contributed by atoms with Crippen LogP contribution in [0.15, 0.2) is 29.1 Å². The van der Waals surface area contributed by atoms with Gasteiger partial charge in [-0.2, -0.15) is 13.2 Å². The summed E-state index contributed by atoms with van der Waals surface area (Å²) in [5.41, 5.74) is -0.176. The van der Waals surface area contributed by atoms with Crippen molar-refractivity contribution in [3.8, 4) is 0 Å². The van der Waals surface area contributed by atoms with Crippen molar-refractivity contribution in [2.45, 2.75) is 54.6 Å². The van der Waals surface area contributed by atoms with E-state index in [0.29, 0.717) is 17.2 Å². The number of rotatable bonds is 1. The van der Waals surface area contributed by atoms with Gasteiger partial charge in [-0.05, 0) is 23.5 Å². The Morgan fingerprint density at radius 3 is 1.81 bits per heavy atom. The van der Waals surface area contributed by atoms with Crippen molar-refractivity contribution >= 4 is 16.6 Å². The van der Waals surface area contributed by atoms with Crippen molar-refractivity contribution in [2.75, 3.05) is 12.4 Å². The van der Waals surface area contributed by atoms with Crippen molar-refractivity contribution in [2.24, 2.45) is 18.4 Å². The number of anilines is 1. The quantitative estimate of drug-likeness (QED) is 0.623. The standard InChI is InChI=1S/C12H11F3N2O.C5H12.C4H10/c1-16-7-3-4-8-9(12(13,14)15)6-11(18)17(2)10(8)5-7;1-5(2,3)4;1-4(2)3/h3-6,16H,1-2H3;1-4H3;4H,1-3H3. The first kappa shape index (κ1) is 25.0. The average molecular weight is 387 g/mol. The summed E-state index contributed by atoms with van der Waals surface area (Å²) in [5.74, 6) is 0.833. The molecule has 3 nitrogen and oxygen atoms in total. The molecule has 0 radical (unpaired) electrons. The number of alkyl halides is 3. The van der Waals surface area contributed by atoms with Gasteiger partial charge in [-0.15, -0.1) is 0 Å². The van der Waals surface area contributed by atoms with Gasteiger partial charge in [0.1, 0.15) is 0 Å². The van der Waals surface area contributed by atoms with Crippen LogP contribution in [0.25, 0.3) is 10.9 Å². The molecule has 1 N–H and O–H groups in total. The van der Waals surface area contributed by atoms with Gasteiger partial charge in [-0.25, -0.2) is 0 Å². The van der Waals surface area contributed by atoms with Crippen LogP contribution in [0.4, 0.5) is 18.9 Å². The maximum absolute atomic E-state index is 12.8. The Hall–Kier alpha value is -1.98. The number of hydrogen-bond acceptors (Lipinski definition) is 2. The van der Waals surface area contributed by atoms with Crippen molar-refractivity contribution in [1.82, 2.24) is 4.57 Å². The zero-order valence-corrected chi connectivity index (χ0v) is 17.9. The van der Waals surface area contributed by atoms with E-state index in [1.54, 1.807) is 13.1 Å². The van der Waals surface area contributed by atoms with Gasteiger partial charge in [0, 0.05) is 31.2 Å². The molecule has 0 bridgehead atoms. The highest BCUT2D eigenvalue weighted by Crippen LogP contribution is 2.34. The molecule has 0 aliphatic carbocycles. The van der Waals surface area contributed by atoms with Crippen LogP contribution >= 0.6 is 0 Å². The lowest BCUT2D eigenvalue weighted by atomic mass is 10.0. The molecule has 0 saturated heterocycles. The number of fused-ring (bicyclic) bond motifs is 1. The first-order chi connectivity index (χ1) is 12.1. The van der Waals surface area contributed by atoms with E-state index < -0.39 is 17.3 Å². The summed E-state index contributed by atoms with van der Waals surface area (Å²) >= 11 is 0. The van der Waals surface area contributed by atoms with Crippen LogP contribution in [0, 0.1) is 11.3 Å². The minimum atomic E-state index is -4.53. The number of benzene rings is 1. The molecule has 0 aliphatic heterocycles. The first-order valence-electron chi connectivity index (χ1n) is 8.96. The van der Waals surface area contributed by atoms with E-state index in [-0.39, 0.29) is 10.9 Å². The van der Waals surface area contributed by atoms with Gasteiger partial charge >= 0.3 is 6.18 Å². The van der Waals surface area contributed by atoms with E-state index in [2.05, 4.69) is 53.8 Å². The number of pyridine rings is 1. The molecule has 2 aromatic rings. The van der Waals surface area contributed by atoms with Crippen LogP contribution in [-0.2, 0) is 13.2 Å². The Morgan fingerprint density at radius 2 is 1.44 bits per heavy atom. The molecule has 0 spiro atoms. The zero-order chi connectivity index (χ0) is 21.6. The summed E-state index contributed by atoms with van der Waals surface area (Å²) in [6, 6.07) is 5.05. The minimum Gasteiger partial charge on any atom is -0.388 e. The number of nitrogens with zero attached hydrogens (tertiary/aromatic N) is 1. The highest BCUT2D eigenvalue weighted by atomic mass is 19.4. The molecule has 2 rings (SSSR count). The molecular weight excluding hydrogens is 353 g/mol. The molecule has 1 aromatic carbocycles. The molecule has 1 aromatic heterocycles. The number of aromatic nitrogens is 1. The van der Waals surface area contributed by atoms with Crippen LogP contribution in [0.1, 0.15) is 54.0 Å². The highest BCUT2D eigenvalue weighted by molar-refractivity contribution is 5.86. The first-order valence-corrected chi connectivity index (χ1v) is 8.96. The van der Waals surface area contributed by atoms with Crippen LogP contribution in [0.3, 0.4) is 0 Å². The third-order valence-electron chi connectivity index (χ3n) is 2.84. The summed E-state index contributed by atoms with van der Waals surface area (Å²) in [5, 5.41) is 2.84. The number of nitrogens with one attached hydrogen (secondary N) is 1. The van der Waals surface area contributed by atoms with E-state index in [1.165, 1.54) is 23.7 Å². The average Bonchev–Trinajstić information content (AvgIpc) is 2.47. The lowest BCUT2D eigenvalue weighted by molar-refractivity contribution is -0.136. The highest BCUT2D eigenvalue weighted by Gasteiger charge is 2.33. The van der Waals surface area contributed by atoms with Gasteiger partial charge in [0.25, 0.3) is 5.56 Å². The van der Waals surface area contributed by atoms with Crippen LogP contribution in [0.2, 0.25) is 0 Å². The topological polar surface area (TPSA) is 34.0 Å². The minimum absolute atomic E-state index is 0.0172. The van der Waals surface area contributed by atoms with E-state index in [4.69, 9.17) is 0 Å². The zero-order valence-electron chi connectivity index (χ0n) is 17.9. The van der Waals surface area contributed by atoms with Crippen LogP contribution in [-0.4, -0.2) is 11.6 Å². The van der Waals surface area contributed by atoms with Gasteiger partial charge in [0.05, 0.1) is 11.1 Å². The van der Waals surface area contributed by atoms with Crippen LogP contribution < -0.4 is 10.9 Å². The fourth-order valence-corrected chi connectivity index (χ4v) is 1.84. The number of halogens is 3. The monoisotopic (exact) mass is 386 g/mol. The Labute approximate surface area is 160 Å². The summed E-state index contributed by atoms with van der Waals surface area (Å²) < 4.78 is 39.7. The fraction of sp³-hybridized carbons (Fsp3) is 0.571. The molecule has 0 aliphatic rings. The number of aryl methyl sites for hydroxylation is 1. The molecule has 154 valence electrons. The van der Waals surface area contributed by atoms with Gasteiger partial charge < -0.3 is 9.88 Å². The molecule has 6 heteroatoms. The van der Waals surface area contributed by atoms with Crippen molar-refractivity contribution in [3.05, 3.63) is 40.2 Å². The van der Waals surface area contributed by atoms with Crippen LogP contribution in [0.5, 0.6) is 0 Å². The largest absolute Gasteiger partial charge is 0.417 e. The molecule has 0 amide bonds. The molecule has 0 atom stereocenters. The van der Waals surface area contributed by atoms with Crippen molar-refractivity contribution < 1.29 is 13.2 Å². The lowest BCUT2D eigenvalue weighted by Gasteiger charge is -2.13. The normalized spacial score (nSPS) is 11.4. The Kier molecular flexibility index (Phi) is 9.09. The summed E-state index contributed by atoms with van der Waals surface area (Å²) in [6.45, 7) is 15.2. The van der Waals surface area contributed by atoms with E-state index in [9.17, 15) is 18.0 Å².